The molecular weight excluding hydrogens is 395 g/mol. The smallest absolute Gasteiger partial charge is 0.340 e. The highest BCUT2D eigenvalue weighted by Gasteiger charge is 2.37. The van der Waals surface area contributed by atoms with E-state index < -0.39 is 30.8 Å². The van der Waals surface area contributed by atoms with E-state index in [-0.39, 0.29) is 31.0 Å². The van der Waals surface area contributed by atoms with Crippen LogP contribution in [0.3, 0.4) is 0 Å². The Hall–Kier alpha value is -1.09. The molecule has 11 heteroatoms. The number of carbonyl (C=O) groups excluding carboxylic acids is 2. The van der Waals surface area contributed by atoms with E-state index in [1.807, 2.05) is 0 Å². The third-order valence-electron chi connectivity index (χ3n) is 4.08. The lowest BCUT2D eigenvalue weighted by molar-refractivity contribution is -0.152. The van der Waals surface area contributed by atoms with E-state index in [1.54, 1.807) is 13.8 Å². The van der Waals surface area contributed by atoms with E-state index in [0.29, 0.717) is 19.4 Å². The molecule has 0 aromatic heterocycles. The summed E-state index contributed by atoms with van der Waals surface area (Å²) in [6.07, 6.45) is 1.69. The van der Waals surface area contributed by atoms with Crippen molar-refractivity contribution in [3.05, 3.63) is 0 Å². The maximum absolute atomic E-state index is 13.0. The highest BCUT2D eigenvalue weighted by molar-refractivity contribution is 8.05. The Balaban J connectivity index is 2.94. The molecule has 9 nitrogen and oxygen atoms in total. The molecule has 1 saturated heterocycles. The Kier molecular flexibility index (Phi) is 10.4. The van der Waals surface area contributed by atoms with Crippen molar-refractivity contribution in [3.8, 4) is 0 Å². The quantitative estimate of drug-likeness (QED) is 0.482. The first kappa shape index (κ1) is 23.9. The summed E-state index contributed by atoms with van der Waals surface area (Å²) in [5.41, 5.74) is -0.0896. The summed E-state index contributed by atoms with van der Waals surface area (Å²) in [6, 6.07) is -0.898. The highest BCUT2D eigenvalue weighted by atomic mass is 32.2. The Morgan fingerprint density at radius 3 is 2.41 bits per heavy atom. The average Bonchev–Trinajstić information content (AvgIpc) is 2.64. The van der Waals surface area contributed by atoms with Crippen molar-refractivity contribution in [3.63, 3.8) is 0 Å². The van der Waals surface area contributed by atoms with Gasteiger partial charge in [-0.1, -0.05) is 0 Å². The zero-order chi connectivity index (χ0) is 20.4. The SMILES string of the molecule is CCOP(=O)(CSC(CC(=O)NC)C(=O)N1CCCCC1C(=O)O)OCC. The van der Waals surface area contributed by atoms with E-state index >= 15 is 0 Å². The Labute approximate surface area is 164 Å². The molecule has 27 heavy (non-hydrogen) atoms. The number of likely N-dealkylation sites (tertiary alicyclic amines) is 1. The van der Waals surface area contributed by atoms with Crippen LogP contribution in [0.15, 0.2) is 0 Å². The number of carbonyl (C=O) groups is 3. The minimum atomic E-state index is -3.40. The molecule has 0 bridgehead atoms. The number of hydrogen-bond donors (Lipinski definition) is 2. The van der Waals surface area contributed by atoms with Crippen molar-refractivity contribution < 1.29 is 33.1 Å². The summed E-state index contributed by atoms with van der Waals surface area (Å²) in [6.45, 7) is 4.09. The van der Waals surface area contributed by atoms with Gasteiger partial charge in [0, 0.05) is 20.0 Å². The lowest BCUT2D eigenvalue weighted by atomic mass is 10.0. The fourth-order valence-corrected chi connectivity index (χ4v) is 6.27. The second-order valence-electron chi connectivity index (χ2n) is 5.99. The first-order chi connectivity index (χ1) is 12.8. The van der Waals surface area contributed by atoms with Crippen molar-refractivity contribution >= 4 is 37.1 Å². The van der Waals surface area contributed by atoms with Gasteiger partial charge in [-0.05, 0) is 33.1 Å². The van der Waals surface area contributed by atoms with Crippen LogP contribution >= 0.6 is 19.4 Å². The fourth-order valence-electron chi connectivity index (χ4n) is 2.81. The molecule has 1 rings (SSSR count). The Morgan fingerprint density at radius 1 is 1.26 bits per heavy atom. The van der Waals surface area contributed by atoms with Crippen LogP contribution in [0.4, 0.5) is 0 Å². The molecule has 2 atom stereocenters. The van der Waals surface area contributed by atoms with Crippen LogP contribution in [-0.4, -0.2) is 71.4 Å². The molecule has 0 saturated carbocycles. The van der Waals surface area contributed by atoms with Crippen LogP contribution in [0, 0.1) is 0 Å². The number of amides is 2. The minimum Gasteiger partial charge on any atom is -0.480 e. The maximum Gasteiger partial charge on any atom is 0.340 e. The molecule has 156 valence electrons. The second kappa shape index (κ2) is 11.7. The molecule has 0 aliphatic carbocycles. The predicted molar refractivity (Wildman–Crippen MR) is 103 cm³/mol. The third kappa shape index (κ3) is 7.44. The van der Waals surface area contributed by atoms with Crippen LogP contribution in [0.1, 0.15) is 39.5 Å². The largest absolute Gasteiger partial charge is 0.480 e. The number of nitrogens with one attached hydrogen (secondary N) is 1. The molecule has 1 aliphatic heterocycles. The van der Waals surface area contributed by atoms with Crippen LogP contribution in [0.25, 0.3) is 0 Å². The van der Waals surface area contributed by atoms with Gasteiger partial charge in [-0.2, -0.15) is 0 Å². The van der Waals surface area contributed by atoms with Crippen molar-refractivity contribution in [2.75, 3.05) is 32.3 Å². The third-order valence-corrected chi connectivity index (χ3v) is 8.02. The van der Waals surface area contributed by atoms with Crippen molar-refractivity contribution in [1.29, 1.82) is 0 Å². The maximum atomic E-state index is 13.0. The zero-order valence-electron chi connectivity index (χ0n) is 16.0. The van der Waals surface area contributed by atoms with Gasteiger partial charge in [0.15, 0.2) is 0 Å². The normalized spacial score (nSPS) is 18.8. The fraction of sp³-hybridized carbons (Fsp3) is 0.812. The Morgan fingerprint density at radius 2 is 1.89 bits per heavy atom. The number of hydrogen-bond acceptors (Lipinski definition) is 7. The highest BCUT2D eigenvalue weighted by Crippen LogP contribution is 2.51. The van der Waals surface area contributed by atoms with Crippen LogP contribution in [0.2, 0.25) is 0 Å². The van der Waals surface area contributed by atoms with Gasteiger partial charge in [0.05, 0.1) is 24.0 Å². The first-order valence-corrected chi connectivity index (χ1v) is 11.8. The molecule has 0 aromatic carbocycles. The van der Waals surface area contributed by atoms with Crippen LogP contribution in [-0.2, 0) is 28.0 Å². The van der Waals surface area contributed by atoms with Crippen LogP contribution < -0.4 is 5.32 Å². The number of piperidine rings is 1. The van der Waals surface area contributed by atoms with E-state index in [0.717, 1.165) is 18.2 Å². The number of aliphatic carboxylic acids is 1. The first-order valence-electron chi connectivity index (χ1n) is 9.01. The lowest BCUT2D eigenvalue weighted by Crippen LogP contribution is -2.51. The summed E-state index contributed by atoms with van der Waals surface area (Å²) in [7, 11) is -1.94. The molecule has 2 N–H and O–H groups in total. The summed E-state index contributed by atoms with van der Waals surface area (Å²) in [5.74, 6) is -1.84. The zero-order valence-corrected chi connectivity index (χ0v) is 17.7. The predicted octanol–water partition coefficient (Wildman–Crippen LogP) is 1.91. The van der Waals surface area contributed by atoms with Crippen molar-refractivity contribution in [2.45, 2.75) is 50.8 Å². The molecule has 0 aromatic rings. The van der Waals surface area contributed by atoms with Gasteiger partial charge in [0.1, 0.15) is 6.04 Å². The number of nitrogens with zero attached hydrogens (tertiary/aromatic N) is 1. The van der Waals surface area contributed by atoms with Gasteiger partial charge in [-0.25, -0.2) is 4.79 Å². The average molecular weight is 424 g/mol. The van der Waals surface area contributed by atoms with Crippen LogP contribution in [0.5, 0.6) is 0 Å². The standard InChI is InChI=1S/C16H29N2O7PS/c1-4-24-26(23,25-5-2)11-27-13(10-14(19)17-3)15(20)18-9-7-6-8-12(18)16(21)22/h12-13H,4-11H2,1-3H3,(H,17,19)(H,21,22). The van der Waals surface area contributed by atoms with Gasteiger partial charge < -0.3 is 24.4 Å². The second-order valence-corrected chi connectivity index (χ2v) is 9.66. The van der Waals surface area contributed by atoms with Gasteiger partial charge in [0.2, 0.25) is 11.8 Å². The Bertz CT molecular complexity index is 565. The minimum absolute atomic E-state index is 0.0896. The van der Waals surface area contributed by atoms with E-state index in [4.69, 9.17) is 9.05 Å². The monoisotopic (exact) mass is 424 g/mol. The van der Waals surface area contributed by atoms with Gasteiger partial charge in [-0.3, -0.25) is 14.2 Å². The topological polar surface area (TPSA) is 122 Å². The van der Waals surface area contributed by atoms with Crippen molar-refractivity contribution in [2.24, 2.45) is 0 Å². The number of rotatable bonds is 11. The molecule has 0 spiro atoms. The van der Waals surface area contributed by atoms with Gasteiger partial charge >= 0.3 is 13.6 Å². The molecule has 1 fully saturated rings. The molecule has 1 heterocycles. The summed E-state index contributed by atoms with van der Waals surface area (Å²) in [4.78, 5) is 37.7. The van der Waals surface area contributed by atoms with Gasteiger partial charge in [0.25, 0.3) is 0 Å². The van der Waals surface area contributed by atoms with Crippen molar-refractivity contribution in [1.82, 2.24) is 10.2 Å². The number of carboxylic acid groups (broad SMARTS) is 1. The molecular formula is C16H29N2O7PS. The van der Waals surface area contributed by atoms with E-state index in [9.17, 15) is 24.1 Å². The molecule has 2 amide bonds. The van der Waals surface area contributed by atoms with E-state index in [1.165, 1.54) is 11.9 Å². The summed E-state index contributed by atoms with van der Waals surface area (Å²) < 4.78 is 23.1. The summed E-state index contributed by atoms with van der Waals surface area (Å²) in [5, 5.41) is 11.0. The van der Waals surface area contributed by atoms with Gasteiger partial charge in [-0.15, -0.1) is 11.8 Å². The lowest BCUT2D eigenvalue weighted by Gasteiger charge is -2.35. The summed E-state index contributed by atoms with van der Waals surface area (Å²) >= 11 is 1.01. The molecule has 1 aliphatic rings. The molecule has 2 unspecified atom stereocenters. The van der Waals surface area contributed by atoms with E-state index in [2.05, 4.69) is 5.32 Å². The number of carboxylic acids is 1. The number of thioether (sulfide) groups is 1. The molecule has 0 radical (unpaired) electrons.